The van der Waals surface area contributed by atoms with Gasteiger partial charge in [-0.05, 0) is 11.1 Å². The van der Waals surface area contributed by atoms with Gasteiger partial charge in [-0.3, -0.25) is 0 Å². The van der Waals surface area contributed by atoms with Crippen LogP contribution in [0.5, 0.6) is 0 Å². The first kappa shape index (κ1) is 11.5. The van der Waals surface area contributed by atoms with Crippen molar-refractivity contribution in [2.45, 2.75) is 0 Å². The highest BCUT2D eigenvalue weighted by Gasteiger charge is 2.30. The minimum Gasteiger partial charge on any atom is -0.318 e. The van der Waals surface area contributed by atoms with Gasteiger partial charge < -0.3 is 4.57 Å². The van der Waals surface area contributed by atoms with Crippen molar-refractivity contribution in [3.63, 3.8) is 0 Å². The number of hydrogen-bond acceptors (Lipinski definition) is 1. The molecule has 1 atom stereocenters. The zero-order chi connectivity index (χ0) is 12.4. The lowest BCUT2D eigenvalue weighted by molar-refractivity contribution is 0.586. The highest BCUT2D eigenvalue weighted by molar-refractivity contribution is 7.72. The molecule has 90 valence electrons. The summed E-state index contributed by atoms with van der Waals surface area (Å²) in [6, 6.07) is 20.1. The molecule has 2 aromatic rings. The van der Waals surface area contributed by atoms with E-state index in [0.29, 0.717) is 12.3 Å². The molecule has 18 heavy (non-hydrogen) atoms. The molecule has 0 saturated carbocycles. The highest BCUT2D eigenvalue weighted by Crippen LogP contribution is 2.52. The third-order valence-corrected chi connectivity index (χ3v) is 6.29. The summed E-state index contributed by atoms with van der Waals surface area (Å²) in [5, 5.41) is 1.01. The van der Waals surface area contributed by atoms with Gasteiger partial charge >= 0.3 is 0 Å². The van der Waals surface area contributed by atoms with Gasteiger partial charge in [0.2, 0.25) is 0 Å². The second kappa shape index (κ2) is 4.59. The van der Waals surface area contributed by atoms with Gasteiger partial charge in [-0.15, -0.1) is 0 Å². The minimum absolute atomic E-state index is 0.695. The summed E-state index contributed by atoms with van der Waals surface area (Å²) >= 11 is 0. The summed E-state index contributed by atoms with van der Waals surface area (Å²) in [5.74, 6) is 0. The summed E-state index contributed by atoms with van der Waals surface area (Å²) in [6.07, 6.45) is 3.53. The van der Waals surface area contributed by atoms with Crippen LogP contribution in [0.2, 0.25) is 0 Å². The van der Waals surface area contributed by atoms with E-state index in [4.69, 9.17) is 0 Å². The molecule has 0 N–H and O–H groups in total. The van der Waals surface area contributed by atoms with Crippen LogP contribution in [0, 0.1) is 0 Å². The molecule has 1 aliphatic heterocycles. The van der Waals surface area contributed by atoms with E-state index >= 15 is 0 Å². The lowest BCUT2D eigenvalue weighted by Crippen LogP contribution is -2.06. The number of hydrogen-bond donors (Lipinski definition) is 0. The molecular formula is C16H15OP. The molecule has 0 aromatic heterocycles. The van der Waals surface area contributed by atoms with Crippen molar-refractivity contribution in [2.24, 2.45) is 0 Å². The van der Waals surface area contributed by atoms with Crippen LogP contribution in [0.1, 0.15) is 5.56 Å². The van der Waals surface area contributed by atoms with E-state index < -0.39 is 7.14 Å². The van der Waals surface area contributed by atoms with Crippen molar-refractivity contribution in [1.29, 1.82) is 0 Å². The number of rotatable bonds is 2. The van der Waals surface area contributed by atoms with Gasteiger partial charge in [0.05, 0.1) is 0 Å². The molecule has 0 saturated heterocycles. The Morgan fingerprint density at radius 1 is 0.833 bits per heavy atom. The summed E-state index contributed by atoms with van der Waals surface area (Å²) in [4.78, 5) is 0. The SMILES string of the molecule is O=P1(c2ccccc2)CC=C(c2ccccc2)C1. The molecule has 0 bridgehead atoms. The Labute approximate surface area is 108 Å². The maximum absolute atomic E-state index is 12.9. The number of benzene rings is 2. The standard InChI is InChI=1S/C16H15OP/c17-18(16-9-5-2-6-10-16)12-11-15(13-18)14-7-3-1-4-8-14/h1-11H,12-13H2. The summed E-state index contributed by atoms with van der Waals surface area (Å²) in [6.45, 7) is 0. The molecule has 1 nitrogen and oxygen atoms in total. The molecule has 0 amide bonds. The second-order valence-electron chi connectivity index (χ2n) is 4.66. The molecular weight excluding hydrogens is 239 g/mol. The van der Waals surface area contributed by atoms with Crippen molar-refractivity contribution >= 4 is 18.0 Å². The quantitative estimate of drug-likeness (QED) is 0.745. The van der Waals surface area contributed by atoms with E-state index in [9.17, 15) is 4.57 Å². The summed E-state index contributed by atoms with van der Waals surface area (Å²) < 4.78 is 12.9. The van der Waals surface area contributed by atoms with Gasteiger partial charge in [-0.1, -0.05) is 66.7 Å². The van der Waals surface area contributed by atoms with Crippen LogP contribution in [0.3, 0.4) is 0 Å². The maximum Gasteiger partial charge on any atom is 0.123 e. The second-order valence-corrected chi connectivity index (χ2v) is 7.64. The van der Waals surface area contributed by atoms with Crippen LogP contribution in [0.15, 0.2) is 66.7 Å². The Morgan fingerprint density at radius 2 is 1.44 bits per heavy atom. The van der Waals surface area contributed by atoms with E-state index in [1.165, 1.54) is 11.1 Å². The predicted octanol–water partition coefficient (Wildman–Crippen LogP) is 3.77. The summed E-state index contributed by atoms with van der Waals surface area (Å²) in [5.41, 5.74) is 2.42. The van der Waals surface area contributed by atoms with E-state index in [2.05, 4.69) is 18.2 Å². The van der Waals surface area contributed by atoms with Crippen LogP contribution >= 0.6 is 7.14 Å². The van der Waals surface area contributed by atoms with Crippen molar-refractivity contribution in [2.75, 3.05) is 12.3 Å². The third-order valence-electron chi connectivity index (χ3n) is 3.43. The van der Waals surface area contributed by atoms with Gasteiger partial charge in [-0.25, -0.2) is 0 Å². The molecule has 0 fully saturated rings. The molecule has 1 aliphatic rings. The predicted molar refractivity (Wildman–Crippen MR) is 77.8 cm³/mol. The van der Waals surface area contributed by atoms with Gasteiger partial charge in [0.15, 0.2) is 0 Å². The van der Waals surface area contributed by atoms with Gasteiger partial charge in [0.1, 0.15) is 7.14 Å². The highest BCUT2D eigenvalue weighted by atomic mass is 31.2. The molecule has 0 spiro atoms. The summed E-state index contributed by atoms with van der Waals surface area (Å²) in [7, 11) is -2.24. The molecule has 1 unspecified atom stereocenters. The van der Waals surface area contributed by atoms with Gasteiger partial charge in [-0.2, -0.15) is 0 Å². The molecule has 0 aliphatic carbocycles. The first-order valence-electron chi connectivity index (χ1n) is 6.16. The lowest BCUT2D eigenvalue weighted by Gasteiger charge is -2.12. The first-order chi connectivity index (χ1) is 8.78. The smallest absolute Gasteiger partial charge is 0.123 e. The minimum atomic E-state index is -2.24. The van der Waals surface area contributed by atoms with E-state index in [-0.39, 0.29) is 0 Å². The van der Waals surface area contributed by atoms with Crippen LogP contribution in [0.4, 0.5) is 0 Å². The fourth-order valence-corrected chi connectivity index (χ4v) is 5.03. The van der Waals surface area contributed by atoms with Crippen molar-refractivity contribution < 1.29 is 4.57 Å². The van der Waals surface area contributed by atoms with Crippen molar-refractivity contribution in [3.05, 3.63) is 72.3 Å². The number of allylic oxidation sites excluding steroid dienone is 2. The van der Waals surface area contributed by atoms with Crippen LogP contribution in [0.25, 0.3) is 5.57 Å². The van der Waals surface area contributed by atoms with Gasteiger partial charge in [0, 0.05) is 17.6 Å². The van der Waals surface area contributed by atoms with E-state index in [0.717, 1.165) is 5.30 Å². The van der Waals surface area contributed by atoms with E-state index in [1.54, 1.807) is 0 Å². The van der Waals surface area contributed by atoms with Crippen molar-refractivity contribution in [3.8, 4) is 0 Å². The zero-order valence-corrected chi connectivity index (χ0v) is 11.0. The fourth-order valence-electron chi connectivity index (χ4n) is 2.42. The van der Waals surface area contributed by atoms with Crippen molar-refractivity contribution in [1.82, 2.24) is 0 Å². The lowest BCUT2D eigenvalue weighted by atomic mass is 10.1. The molecule has 0 radical (unpaired) electrons. The zero-order valence-electron chi connectivity index (χ0n) is 10.1. The average molecular weight is 254 g/mol. The maximum atomic E-state index is 12.9. The van der Waals surface area contributed by atoms with Crippen LogP contribution in [-0.2, 0) is 4.57 Å². The normalized spacial score (nSPS) is 22.8. The first-order valence-corrected chi connectivity index (χ1v) is 8.24. The third kappa shape index (κ3) is 2.07. The topological polar surface area (TPSA) is 17.1 Å². The largest absolute Gasteiger partial charge is 0.318 e. The van der Waals surface area contributed by atoms with Crippen LogP contribution < -0.4 is 5.30 Å². The molecule has 3 rings (SSSR count). The molecule has 1 heterocycles. The van der Waals surface area contributed by atoms with Gasteiger partial charge in [0.25, 0.3) is 0 Å². The Kier molecular flexibility index (Phi) is 2.93. The van der Waals surface area contributed by atoms with Crippen LogP contribution in [-0.4, -0.2) is 12.3 Å². The Morgan fingerprint density at radius 3 is 2.11 bits per heavy atom. The Hall–Kier alpha value is -1.59. The molecule has 2 aromatic carbocycles. The fraction of sp³-hybridized carbons (Fsp3) is 0.125. The molecule has 2 heteroatoms. The van der Waals surface area contributed by atoms with E-state index in [1.807, 2.05) is 48.5 Å². The monoisotopic (exact) mass is 254 g/mol. The Bertz CT molecular complexity index is 614. The average Bonchev–Trinajstić information content (AvgIpc) is 2.85. The Balaban J connectivity index is 1.89.